The summed E-state index contributed by atoms with van der Waals surface area (Å²) in [6.07, 6.45) is -3.76. The number of alkyl halides is 2. The van der Waals surface area contributed by atoms with E-state index in [0.29, 0.717) is 27.8 Å². The van der Waals surface area contributed by atoms with Gasteiger partial charge in [-0.2, -0.15) is 0 Å². The van der Waals surface area contributed by atoms with Crippen LogP contribution >= 0.6 is 0 Å². The van der Waals surface area contributed by atoms with E-state index in [2.05, 4.69) is 14.8 Å². The fraction of sp³-hybridized carbons (Fsp3) is 0.154. The Morgan fingerprint density at radius 3 is 2.54 bits per heavy atom. The smallest absolute Gasteiger partial charge is 0.478 e. The number of carboxylic acids is 1. The molecule has 1 aromatic heterocycles. The molecule has 2 N–H and O–H groups in total. The number of halogens is 2. The third kappa shape index (κ3) is 4.16. The van der Waals surface area contributed by atoms with Crippen molar-refractivity contribution in [3.8, 4) is 22.8 Å². The maximum atomic E-state index is 13.4. The summed E-state index contributed by atoms with van der Waals surface area (Å²) in [5.41, 5.74) is 2.31. The molecule has 178 valence electrons. The number of ether oxygens (including phenoxy) is 2. The van der Waals surface area contributed by atoms with E-state index in [9.17, 15) is 23.5 Å². The largest absolute Gasteiger partial charge is 0.586 e. The van der Waals surface area contributed by atoms with Crippen LogP contribution in [-0.4, -0.2) is 17.4 Å². The lowest BCUT2D eigenvalue weighted by Crippen LogP contribution is -2.25. The molecule has 2 heterocycles. The predicted molar refractivity (Wildman–Crippen MR) is 124 cm³/mol. The van der Waals surface area contributed by atoms with Crippen molar-refractivity contribution in [2.24, 2.45) is 0 Å². The van der Waals surface area contributed by atoms with Gasteiger partial charge < -0.3 is 24.3 Å². The van der Waals surface area contributed by atoms with E-state index in [1.54, 1.807) is 24.3 Å². The Hall–Kier alpha value is -4.40. The van der Waals surface area contributed by atoms with Gasteiger partial charge in [-0.3, -0.25) is 4.79 Å². The second-order valence-electron chi connectivity index (χ2n) is 8.25. The van der Waals surface area contributed by atoms with Crippen molar-refractivity contribution >= 4 is 22.6 Å². The lowest BCUT2D eigenvalue weighted by atomic mass is 10.00. The summed E-state index contributed by atoms with van der Waals surface area (Å²) in [7, 11) is 0. The average molecular weight is 479 g/mol. The zero-order chi connectivity index (χ0) is 24.9. The summed E-state index contributed by atoms with van der Waals surface area (Å²) in [5, 5.41) is 13.0. The fourth-order valence-electron chi connectivity index (χ4n) is 4.11. The van der Waals surface area contributed by atoms with Crippen LogP contribution in [0.4, 0.5) is 14.5 Å². The van der Waals surface area contributed by atoms with Crippen molar-refractivity contribution in [2.45, 2.75) is 26.2 Å². The van der Waals surface area contributed by atoms with E-state index in [1.165, 1.54) is 30.3 Å². The van der Waals surface area contributed by atoms with Gasteiger partial charge in [-0.1, -0.05) is 18.2 Å². The number of carboxylic acid groups (broad SMARTS) is 1. The normalized spacial score (nSPS) is 14.6. The van der Waals surface area contributed by atoms with Crippen LogP contribution in [0.5, 0.6) is 11.5 Å². The molecule has 0 bridgehead atoms. The van der Waals surface area contributed by atoms with E-state index < -0.39 is 18.3 Å². The second kappa shape index (κ2) is 8.12. The number of para-hydroxylation sites is 1. The van der Waals surface area contributed by atoms with Crippen LogP contribution in [0.3, 0.4) is 0 Å². The maximum absolute atomic E-state index is 13.4. The SMILES string of the molecule is Cc1cc(C(C)Nc2ccccc2C(=O)O)c2oc(-c3ccc4c(c3)OC(F)(F)O4)cc(=O)c2c1. The zero-order valence-corrected chi connectivity index (χ0v) is 18.6. The highest BCUT2D eigenvalue weighted by atomic mass is 19.3. The van der Waals surface area contributed by atoms with E-state index in [0.717, 1.165) is 5.56 Å². The number of aryl methyl sites for hydroxylation is 1. The van der Waals surface area contributed by atoms with Crippen molar-refractivity contribution in [1.29, 1.82) is 0 Å². The molecule has 0 aliphatic carbocycles. The molecular formula is C26H19F2NO6. The van der Waals surface area contributed by atoms with Gasteiger partial charge in [-0.05, 0) is 55.8 Å². The monoisotopic (exact) mass is 479 g/mol. The first-order chi connectivity index (χ1) is 16.6. The van der Waals surface area contributed by atoms with Crippen molar-refractivity contribution in [3.05, 3.63) is 87.6 Å². The summed E-state index contributed by atoms with van der Waals surface area (Å²) < 4.78 is 41.9. The summed E-state index contributed by atoms with van der Waals surface area (Å²) >= 11 is 0. The van der Waals surface area contributed by atoms with Crippen molar-refractivity contribution in [2.75, 3.05) is 5.32 Å². The number of carbonyl (C=O) groups is 1. The van der Waals surface area contributed by atoms with E-state index >= 15 is 0 Å². The van der Waals surface area contributed by atoms with Gasteiger partial charge in [0.05, 0.1) is 17.0 Å². The molecule has 0 spiro atoms. The zero-order valence-electron chi connectivity index (χ0n) is 18.6. The molecule has 0 fully saturated rings. The second-order valence-corrected chi connectivity index (χ2v) is 8.25. The number of benzene rings is 3. The van der Waals surface area contributed by atoms with Crippen LogP contribution in [0, 0.1) is 6.92 Å². The van der Waals surface area contributed by atoms with Crippen molar-refractivity contribution in [1.82, 2.24) is 0 Å². The van der Waals surface area contributed by atoms with Gasteiger partial charge in [0.1, 0.15) is 11.3 Å². The molecule has 9 heteroatoms. The van der Waals surface area contributed by atoms with E-state index in [4.69, 9.17) is 4.42 Å². The van der Waals surface area contributed by atoms with Crippen LogP contribution in [-0.2, 0) is 0 Å². The third-order valence-electron chi connectivity index (χ3n) is 5.68. The van der Waals surface area contributed by atoms with Crippen molar-refractivity contribution < 1.29 is 32.6 Å². The van der Waals surface area contributed by atoms with Crippen molar-refractivity contribution in [3.63, 3.8) is 0 Å². The summed E-state index contributed by atoms with van der Waals surface area (Å²) in [4.78, 5) is 24.6. The topological polar surface area (TPSA) is 98.0 Å². The number of rotatable bonds is 5. The van der Waals surface area contributed by atoms with Crippen LogP contribution < -0.4 is 20.2 Å². The number of hydrogen-bond acceptors (Lipinski definition) is 6. The summed E-state index contributed by atoms with van der Waals surface area (Å²) in [6.45, 7) is 3.66. The number of hydrogen-bond donors (Lipinski definition) is 2. The molecule has 0 radical (unpaired) electrons. The first-order valence-corrected chi connectivity index (χ1v) is 10.7. The van der Waals surface area contributed by atoms with Crippen LogP contribution in [0.15, 0.2) is 69.9 Å². The highest BCUT2D eigenvalue weighted by Gasteiger charge is 2.43. The highest BCUT2D eigenvalue weighted by Crippen LogP contribution is 2.43. The minimum atomic E-state index is -3.76. The van der Waals surface area contributed by atoms with Gasteiger partial charge in [0.15, 0.2) is 16.9 Å². The van der Waals surface area contributed by atoms with Crippen LogP contribution in [0.25, 0.3) is 22.3 Å². The molecule has 1 unspecified atom stereocenters. The molecule has 1 aliphatic heterocycles. The molecule has 3 aromatic carbocycles. The Morgan fingerprint density at radius 1 is 1.03 bits per heavy atom. The number of aromatic carboxylic acids is 1. The molecule has 5 rings (SSSR count). The first-order valence-electron chi connectivity index (χ1n) is 10.7. The Morgan fingerprint density at radius 2 is 1.77 bits per heavy atom. The minimum absolute atomic E-state index is 0.107. The molecule has 0 saturated carbocycles. The fourth-order valence-corrected chi connectivity index (χ4v) is 4.11. The van der Waals surface area contributed by atoms with E-state index in [-0.39, 0.29) is 28.3 Å². The highest BCUT2D eigenvalue weighted by molar-refractivity contribution is 5.94. The number of anilines is 1. The van der Waals surface area contributed by atoms with Gasteiger partial charge in [-0.25, -0.2) is 4.79 Å². The van der Waals surface area contributed by atoms with E-state index in [1.807, 2.05) is 19.9 Å². The predicted octanol–water partition coefficient (Wildman–Crippen LogP) is 5.96. The summed E-state index contributed by atoms with van der Waals surface area (Å²) in [6, 6.07) is 15.0. The Kier molecular flexibility index (Phi) is 5.20. The molecular weight excluding hydrogens is 460 g/mol. The van der Waals surface area contributed by atoms with Crippen LogP contribution in [0.1, 0.15) is 34.5 Å². The average Bonchev–Trinajstić information content (AvgIpc) is 3.12. The molecule has 1 aliphatic rings. The van der Waals surface area contributed by atoms with Gasteiger partial charge >= 0.3 is 12.3 Å². The Balaban J connectivity index is 1.60. The standard InChI is InChI=1S/C26H19F2NO6/c1-13-9-17(14(2)29-19-6-4-3-5-16(19)25(31)32)24-18(10-13)20(30)12-22(33-24)15-7-8-21-23(11-15)35-26(27,28)34-21/h3-12,14,29H,1-2H3,(H,31,32). The Bertz CT molecular complexity index is 1550. The van der Waals surface area contributed by atoms with Gasteiger partial charge in [0, 0.05) is 22.9 Å². The van der Waals surface area contributed by atoms with Gasteiger partial charge in [0.25, 0.3) is 0 Å². The molecule has 1 atom stereocenters. The number of fused-ring (bicyclic) bond motifs is 2. The first kappa shape index (κ1) is 22.4. The quantitative estimate of drug-likeness (QED) is 0.364. The molecule has 4 aromatic rings. The van der Waals surface area contributed by atoms with Crippen LogP contribution in [0.2, 0.25) is 0 Å². The lowest BCUT2D eigenvalue weighted by molar-refractivity contribution is -0.286. The van der Waals surface area contributed by atoms with Gasteiger partial charge in [0.2, 0.25) is 0 Å². The molecule has 0 amide bonds. The van der Waals surface area contributed by atoms with Gasteiger partial charge in [-0.15, -0.1) is 8.78 Å². The maximum Gasteiger partial charge on any atom is 0.586 e. The lowest BCUT2D eigenvalue weighted by Gasteiger charge is -2.19. The Labute approximate surface area is 197 Å². The number of nitrogens with one attached hydrogen (secondary N) is 1. The third-order valence-corrected chi connectivity index (χ3v) is 5.68. The molecule has 35 heavy (non-hydrogen) atoms. The molecule has 0 saturated heterocycles. The molecule has 7 nitrogen and oxygen atoms in total. The summed E-state index contributed by atoms with van der Waals surface area (Å²) in [5.74, 6) is -1.20. The minimum Gasteiger partial charge on any atom is -0.478 e.